The molecular formula is C6H11NO2. The van der Waals surface area contributed by atoms with Gasteiger partial charge in [0, 0.05) is 18.8 Å². The molecule has 1 unspecified atom stereocenters. The van der Waals surface area contributed by atoms with Crippen LogP contribution in [0.15, 0.2) is 0 Å². The third-order valence-electron chi connectivity index (χ3n) is 0.714. The summed E-state index contributed by atoms with van der Waals surface area (Å²) in [5, 5.41) is 10.3. The summed E-state index contributed by atoms with van der Waals surface area (Å²) in [5.74, 6) is -5.75. The number of carboxylic acid groups (broad SMARTS) is 1. The van der Waals surface area contributed by atoms with Gasteiger partial charge in [0.1, 0.15) is 0 Å². The molecule has 3 nitrogen and oxygen atoms in total. The van der Waals surface area contributed by atoms with Gasteiger partial charge in [0.25, 0.3) is 0 Å². The molecule has 0 saturated carbocycles. The molecule has 1 rings (SSSR count). The molecule has 0 aliphatic carbocycles. The molecule has 1 aliphatic heterocycles. The van der Waals surface area contributed by atoms with Crippen LogP contribution in [0.3, 0.4) is 0 Å². The number of carbonyl (C=O) groups is 1. The Morgan fingerprint density at radius 1 is 2.00 bits per heavy atom. The first-order chi connectivity index (χ1) is 7.65. The van der Waals surface area contributed by atoms with Crippen molar-refractivity contribution in [3.05, 3.63) is 0 Å². The summed E-state index contributed by atoms with van der Waals surface area (Å²) in [5.41, 5.74) is 0. The van der Waals surface area contributed by atoms with Gasteiger partial charge < -0.3 is 10.4 Å². The smallest absolute Gasteiger partial charge is 0.307 e. The number of hydrogen-bond donors (Lipinski definition) is 2. The van der Waals surface area contributed by atoms with Crippen molar-refractivity contribution in [2.75, 3.05) is 13.0 Å². The molecule has 3 heteroatoms. The maximum atomic E-state index is 11.0. The number of aliphatic carboxylic acids is 1. The lowest BCUT2D eigenvalue weighted by atomic mass is 10.0. The van der Waals surface area contributed by atoms with Crippen LogP contribution in [0.5, 0.6) is 0 Å². The van der Waals surface area contributed by atoms with Gasteiger partial charge in [-0.2, -0.15) is 0 Å². The third-order valence-corrected chi connectivity index (χ3v) is 0.714. The van der Waals surface area contributed by atoms with Crippen LogP contribution in [-0.4, -0.2) is 24.1 Å². The zero-order valence-electron chi connectivity index (χ0n) is 13.4. The van der Waals surface area contributed by atoms with E-state index in [0.29, 0.717) is 0 Å². The van der Waals surface area contributed by atoms with Crippen LogP contribution in [0.4, 0.5) is 0 Å². The fraction of sp³-hybridized carbons (Fsp3) is 0.833. The fourth-order valence-corrected chi connectivity index (χ4v) is 0.357. The highest BCUT2D eigenvalue weighted by Gasteiger charge is 2.18. The predicted molar refractivity (Wildman–Crippen MR) is 33.2 cm³/mol. The second-order valence-corrected chi connectivity index (χ2v) is 1.31. The number of piperidine rings is 1. The van der Waals surface area contributed by atoms with Gasteiger partial charge in [-0.15, -0.1) is 0 Å². The van der Waals surface area contributed by atoms with Gasteiger partial charge in [0.05, 0.1) is 5.89 Å². The van der Waals surface area contributed by atoms with Crippen molar-refractivity contribution in [1.29, 1.82) is 0 Å². The first kappa shape index (κ1) is 1.53. The van der Waals surface area contributed by atoms with Crippen LogP contribution in [-0.2, 0) is 4.79 Å². The zero-order chi connectivity index (χ0) is 14.8. The molecule has 2 N–H and O–H groups in total. The number of hydrogen-bond acceptors (Lipinski definition) is 2. The van der Waals surface area contributed by atoms with Crippen LogP contribution in [0.2, 0.25) is 0 Å². The van der Waals surface area contributed by atoms with Gasteiger partial charge in [0.2, 0.25) is 0 Å². The van der Waals surface area contributed by atoms with Crippen LogP contribution in [0, 0.1) is 5.89 Å². The van der Waals surface area contributed by atoms with Crippen molar-refractivity contribution in [2.24, 2.45) is 5.89 Å². The van der Waals surface area contributed by atoms with Crippen molar-refractivity contribution in [2.45, 2.75) is 12.7 Å². The standard InChI is InChI=1S/C6H11NO2/c8-6(9)5-2-1-3-7-4-5/h5,7H,1-4H2,(H,8,9)/i1D2,2D2,3D2,4D2,5D. The van der Waals surface area contributed by atoms with E-state index in [1.807, 2.05) is 0 Å². The lowest BCUT2D eigenvalue weighted by molar-refractivity contribution is -0.142. The van der Waals surface area contributed by atoms with Crippen molar-refractivity contribution in [1.82, 2.24) is 5.32 Å². The summed E-state index contributed by atoms with van der Waals surface area (Å²) in [7, 11) is 0. The summed E-state index contributed by atoms with van der Waals surface area (Å²) in [6.07, 6.45) is -7.00. The molecule has 1 atom stereocenters. The zero-order valence-corrected chi connectivity index (χ0v) is 4.36. The van der Waals surface area contributed by atoms with Crippen molar-refractivity contribution in [3.8, 4) is 0 Å². The largest absolute Gasteiger partial charge is 0.481 e. The fourth-order valence-electron chi connectivity index (χ4n) is 0.357. The molecule has 0 spiro atoms. The molecule has 0 aromatic heterocycles. The lowest BCUT2D eigenvalue weighted by Gasteiger charge is -2.18. The molecule has 1 heterocycles. The Hall–Kier alpha value is -0.570. The Bertz CT molecular complexity index is 395. The molecule has 1 saturated heterocycles. The summed E-state index contributed by atoms with van der Waals surface area (Å²) in [4.78, 5) is 11.0. The first-order valence-electron chi connectivity index (χ1n) is 6.68. The average molecular weight is 138 g/mol. The minimum absolute atomic E-state index is 1.43. The molecule has 52 valence electrons. The van der Waals surface area contributed by atoms with E-state index >= 15 is 0 Å². The third kappa shape index (κ3) is 1.68. The lowest BCUT2D eigenvalue weighted by Crippen LogP contribution is -2.34. The van der Waals surface area contributed by atoms with Crippen LogP contribution in [0.1, 0.15) is 25.1 Å². The second-order valence-electron chi connectivity index (χ2n) is 1.31. The summed E-state index contributed by atoms with van der Waals surface area (Å²) >= 11 is 0. The van der Waals surface area contributed by atoms with Gasteiger partial charge in [0.15, 0.2) is 0 Å². The topological polar surface area (TPSA) is 49.3 Å². The van der Waals surface area contributed by atoms with Crippen molar-refractivity contribution >= 4 is 5.97 Å². The number of rotatable bonds is 1. The Kier molecular flexibility index (Phi) is 0.481. The molecule has 0 aromatic carbocycles. The molecule has 0 amide bonds. The summed E-state index contributed by atoms with van der Waals surface area (Å²) in [6, 6.07) is 0. The van der Waals surface area contributed by atoms with Gasteiger partial charge in [-0.25, -0.2) is 0 Å². The monoisotopic (exact) mass is 138 g/mol. The predicted octanol–water partition coefficient (Wildman–Crippen LogP) is 0.0706. The van der Waals surface area contributed by atoms with E-state index in [0.717, 1.165) is 0 Å². The van der Waals surface area contributed by atoms with Gasteiger partial charge in [-0.3, -0.25) is 4.79 Å². The van der Waals surface area contributed by atoms with E-state index in [4.69, 9.17) is 17.4 Å². The second kappa shape index (κ2) is 2.82. The highest BCUT2D eigenvalue weighted by atomic mass is 16.4. The molecule has 0 bridgehead atoms. The molecule has 0 aromatic rings. The van der Waals surface area contributed by atoms with Gasteiger partial charge in [-0.05, 0) is 19.2 Å². The van der Waals surface area contributed by atoms with E-state index in [2.05, 4.69) is 0 Å². The van der Waals surface area contributed by atoms with Gasteiger partial charge in [-0.1, -0.05) is 0 Å². The van der Waals surface area contributed by atoms with Crippen LogP contribution < -0.4 is 5.32 Å². The Morgan fingerprint density at radius 2 is 2.78 bits per heavy atom. The molecule has 1 aliphatic rings. The minimum Gasteiger partial charge on any atom is -0.481 e. The average Bonchev–Trinajstić information content (AvgIpc) is 2.11. The molecular weight excluding hydrogens is 118 g/mol. The molecule has 9 heavy (non-hydrogen) atoms. The van der Waals surface area contributed by atoms with Crippen molar-refractivity contribution < 1.29 is 22.2 Å². The minimum atomic E-state index is -3.59. The number of nitrogens with one attached hydrogen (secondary N) is 1. The Balaban J connectivity index is 3.60. The highest BCUT2D eigenvalue weighted by Crippen LogP contribution is 2.08. The Morgan fingerprint density at radius 3 is 3.44 bits per heavy atom. The molecule has 0 radical (unpaired) electrons. The first-order valence-corrected chi connectivity index (χ1v) is 2.18. The van der Waals surface area contributed by atoms with Gasteiger partial charge >= 0.3 is 5.97 Å². The van der Waals surface area contributed by atoms with E-state index < -0.39 is 37.6 Å². The Labute approximate surface area is 66.7 Å². The van der Waals surface area contributed by atoms with E-state index in [-0.39, 0.29) is 0 Å². The maximum Gasteiger partial charge on any atom is 0.307 e. The number of carboxylic acids is 1. The highest BCUT2D eigenvalue weighted by molar-refractivity contribution is 5.70. The van der Waals surface area contributed by atoms with Crippen LogP contribution in [0.25, 0.3) is 0 Å². The van der Waals surface area contributed by atoms with Crippen molar-refractivity contribution in [3.63, 3.8) is 0 Å². The normalized spacial score (nSPS) is 73.1. The molecule has 1 fully saturated rings. The van der Waals surface area contributed by atoms with E-state index in [1.54, 1.807) is 0 Å². The SMILES string of the molecule is [2H]C1([2H])NC([2H])([2H])C([2H])(C(=O)O)C([2H])([2H])C1([2H])[2H]. The summed E-state index contributed by atoms with van der Waals surface area (Å²) in [6.45, 7) is -6.46. The maximum absolute atomic E-state index is 11.0. The van der Waals surface area contributed by atoms with Crippen LogP contribution >= 0.6 is 0 Å². The quantitative estimate of drug-likeness (QED) is 0.539. The summed E-state index contributed by atoms with van der Waals surface area (Å²) < 4.78 is 66.3. The van der Waals surface area contributed by atoms with E-state index in [9.17, 15) is 4.79 Å². The van der Waals surface area contributed by atoms with E-state index in [1.165, 1.54) is 5.32 Å².